The van der Waals surface area contributed by atoms with Crippen LogP contribution in [-0.4, -0.2) is 6.61 Å². The highest BCUT2D eigenvalue weighted by atomic mass is 19.2. The SMILES string of the molecule is Cc1cccc(OCCC(N)c2ccc(F)c(F)c2)c1. The minimum absolute atomic E-state index is 0.380. The molecule has 0 fully saturated rings. The Balaban J connectivity index is 1.88. The maximum Gasteiger partial charge on any atom is 0.159 e. The van der Waals surface area contributed by atoms with Crippen molar-refractivity contribution in [1.29, 1.82) is 0 Å². The molecule has 0 bridgehead atoms. The lowest BCUT2D eigenvalue weighted by Gasteiger charge is -2.13. The van der Waals surface area contributed by atoms with E-state index >= 15 is 0 Å². The lowest BCUT2D eigenvalue weighted by atomic mass is 10.1. The summed E-state index contributed by atoms with van der Waals surface area (Å²) in [6.07, 6.45) is 0.527. The van der Waals surface area contributed by atoms with Gasteiger partial charge in [0.15, 0.2) is 11.6 Å². The molecule has 2 rings (SSSR count). The third kappa shape index (κ3) is 3.78. The Bertz CT molecular complexity index is 586. The number of aryl methyl sites for hydroxylation is 1. The highest BCUT2D eigenvalue weighted by Crippen LogP contribution is 2.18. The molecule has 0 aromatic heterocycles. The first-order chi connectivity index (χ1) is 9.56. The van der Waals surface area contributed by atoms with Crippen molar-refractivity contribution in [1.82, 2.24) is 0 Å². The second kappa shape index (κ2) is 6.48. The van der Waals surface area contributed by atoms with Crippen LogP contribution < -0.4 is 10.5 Å². The molecule has 4 heteroatoms. The fraction of sp³-hybridized carbons (Fsp3) is 0.250. The molecule has 0 aliphatic carbocycles. The van der Waals surface area contributed by atoms with Crippen molar-refractivity contribution in [3.8, 4) is 5.75 Å². The average Bonchev–Trinajstić information content (AvgIpc) is 2.42. The van der Waals surface area contributed by atoms with Gasteiger partial charge in [-0.1, -0.05) is 18.2 Å². The van der Waals surface area contributed by atoms with Gasteiger partial charge in [0.2, 0.25) is 0 Å². The number of nitrogens with two attached hydrogens (primary N) is 1. The molecule has 0 saturated heterocycles. The molecular formula is C16H17F2NO. The molecule has 0 heterocycles. The lowest BCUT2D eigenvalue weighted by molar-refractivity contribution is 0.298. The van der Waals surface area contributed by atoms with E-state index in [9.17, 15) is 8.78 Å². The van der Waals surface area contributed by atoms with Crippen molar-refractivity contribution in [2.24, 2.45) is 5.73 Å². The minimum atomic E-state index is -0.877. The zero-order chi connectivity index (χ0) is 14.5. The number of hydrogen-bond donors (Lipinski definition) is 1. The van der Waals surface area contributed by atoms with Crippen molar-refractivity contribution in [2.45, 2.75) is 19.4 Å². The van der Waals surface area contributed by atoms with E-state index < -0.39 is 11.6 Å². The molecule has 20 heavy (non-hydrogen) atoms. The molecule has 106 valence electrons. The van der Waals surface area contributed by atoms with Gasteiger partial charge in [0.1, 0.15) is 5.75 Å². The van der Waals surface area contributed by atoms with E-state index in [1.54, 1.807) is 0 Å². The lowest BCUT2D eigenvalue weighted by Crippen LogP contribution is -2.14. The molecule has 2 N–H and O–H groups in total. The molecule has 0 spiro atoms. The molecule has 0 saturated carbocycles. The minimum Gasteiger partial charge on any atom is -0.494 e. The Morgan fingerprint density at radius 3 is 2.60 bits per heavy atom. The topological polar surface area (TPSA) is 35.2 Å². The van der Waals surface area contributed by atoms with Gasteiger partial charge >= 0.3 is 0 Å². The summed E-state index contributed by atoms with van der Waals surface area (Å²) in [6.45, 7) is 2.41. The Labute approximate surface area is 117 Å². The summed E-state index contributed by atoms with van der Waals surface area (Å²) in [5.41, 5.74) is 7.62. The molecule has 1 atom stereocenters. The van der Waals surface area contributed by atoms with E-state index in [1.165, 1.54) is 6.07 Å². The summed E-state index contributed by atoms with van der Waals surface area (Å²) in [7, 11) is 0. The van der Waals surface area contributed by atoms with Gasteiger partial charge in [0.25, 0.3) is 0 Å². The quantitative estimate of drug-likeness (QED) is 0.903. The van der Waals surface area contributed by atoms with Crippen LogP contribution in [0.2, 0.25) is 0 Å². The van der Waals surface area contributed by atoms with Crippen LogP contribution >= 0.6 is 0 Å². The zero-order valence-corrected chi connectivity index (χ0v) is 11.3. The van der Waals surface area contributed by atoms with E-state index in [1.807, 2.05) is 31.2 Å². The van der Waals surface area contributed by atoms with Gasteiger partial charge in [0, 0.05) is 12.5 Å². The van der Waals surface area contributed by atoms with E-state index in [0.717, 1.165) is 23.4 Å². The molecule has 2 aromatic rings. The van der Waals surface area contributed by atoms with Crippen molar-refractivity contribution in [3.63, 3.8) is 0 Å². The summed E-state index contributed by atoms with van der Waals surface area (Å²) in [5.74, 6) is -0.961. The van der Waals surface area contributed by atoms with E-state index in [2.05, 4.69) is 0 Å². The van der Waals surface area contributed by atoms with Crippen LogP contribution in [0.5, 0.6) is 5.75 Å². The Hall–Kier alpha value is -1.94. The second-order valence-corrected chi connectivity index (χ2v) is 4.73. The molecule has 0 aliphatic heterocycles. The van der Waals surface area contributed by atoms with Crippen molar-refractivity contribution < 1.29 is 13.5 Å². The molecule has 1 unspecified atom stereocenters. The number of ether oxygens (including phenoxy) is 1. The first-order valence-electron chi connectivity index (χ1n) is 6.46. The molecule has 0 radical (unpaired) electrons. The van der Waals surface area contributed by atoms with Crippen LogP contribution in [0.1, 0.15) is 23.6 Å². The maximum absolute atomic E-state index is 13.1. The third-order valence-corrected chi connectivity index (χ3v) is 3.06. The summed E-state index contributed by atoms with van der Waals surface area (Å²) >= 11 is 0. The summed E-state index contributed by atoms with van der Waals surface area (Å²) in [6, 6.07) is 11.0. The standard InChI is InChI=1S/C16H17F2NO/c1-11-3-2-4-13(9-11)20-8-7-16(19)12-5-6-14(17)15(18)10-12/h2-6,9-10,16H,7-8,19H2,1H3. The average molecular weight is 277 g/mol. The number of halogens is 2. The number of rotatable bonds is 5. The van der Waals surface area contributed by atoms with Crippen LogP contribution in [0, 0.1) is 18.6 Å². The van der Waals surface area contributed by atoms with Gasteiger partial charge in [-0.2, -0.15) is 0 Å². The highest BCUT2D eigenvalue weighted by Gasteiger charge is 2.10. The highest BCUT2D eigenvalue weighted by molar-refractivity contribution is 5.27. The zero-order valence-electron chi connectivity index (χ0n) is 11.3. The Kier molecular flexibility index (Phi) is 4.69. The predicted octanol–water partition coefficient (Wildman–Crippen LogP) is 3.74. The van der Waals surface area contributed by atoms with Crippen LogP contribution in [0.25, 0.3) is 0 Å². The fourth-order valence-corrected chi connectivity index (χ4v) is 1.92. The van der Waals surface area contributed by atoms with E-state index in [4.69, 9.17) is 10.5 Å². The maximum atomic E-state index is 13.1. The van der Waals surface area contributed by atoms with Crippen LogP contribution in [0.15, 0.2) is 42.5 Å². The second-order valence-electron chi connectivity index (χ2n) is 4.73. The normalized spacial score (nSPS) is 12.2. The predicted molar refractivity (Wildman–Crippen MR) is 74.6 cm³/mol. The van der Waals surface area contributed by atoms with Crippen molar-refractivity contribution in [2.75, 3.05) is 6.61 Å². The van der Waals surface area contributed by atoms with Gasteiger partial charge in [-0.25, -0.2) is 8.78 Å². The van der Waals surface area contributed by atoms with Crippen LogP contribution in [0.3, 0.4) is 0 Å². The fourth-order valence-electron chi connectivity index (χ4n) is 1.92. The van der Waals surface area contributed by atoms with Crippen LogP contribution in [-0.2, 0) is 0 Å². The van der Waals surface area contributed by atoms with E-state index in [-0.39, 0.29) is 6.04 Å². The van der Waals surface area contributed by atoms with Gasteiger partial charge in [-0.05, 0) is 42.3 Å². The molecular weight excluding hydrogens is 260 g/mol. The third-order valence-electron chi connectivity index (χ3n) is 3.06. The smallest absolute Gasteiger partial charge is 0.159 e. The first kappa shape index (κ1) is 14.5. The Morgan fingerprint density at radius 1 is 1.10 bits per heavy atom. The van der Waals surface area contributed by atoms with Crippen molar-refractivity contribution in [3.05, 3.63) is 65.2 Å². The van der Waals surface area contributed by atoms with E-state index in [0.29, 0.717) is 18.6 Å². The van der Waals surface area contributed by atoms with Gasteiger partial charge < -0.3 is 10.5 Å². The first-order valence-corrected chi connectivity index (χ1v) is 6.46. The summed E-state index contributed by atoms with van der Waals surface area (Å²) < 4.78 is 31.5. The number of benzene rings is 2. The summed E-state index contributed by atoms with van der Waals surface area (Å²) in [4.78, 5) is 0. The van der Waals surface area contributed by atoms with Gasteiger partial charge in [-0.15, -0.1) is 0 Å². The number of hydrogen-bond acceptors (Lipinski definition) is 2. The van der Waals surface area contributed by atoms with Crippen LogP contribution in [0.4, 0.5) is 8.78 Å². The van der Waals surface area contributed by atoms with Gasteiger partial charge in [-0.3, -0.25) is 0 Å². The Morgan fingerprint density at radius 2 is 1.90 bits per heavy atom. The monoisotopic (exact) mass is 277 g/mol. The van der Waals surface area contributed by atoms with Crippen molar-refractivity contribution >= 4 is 0 Å². The largest absolute Gasteiger partial charge is 0.494 e. The summed E-state index contributed by atoms with van der Waals surface area (Å²) in [5, 5.41) is 0. The molecule has 0 amide bonds. The molecule has 2 aromatic carbocycles. The molecule has 2 nitrogen and oxygen atoms in total. The molecule has 0 aliphatic rings. The van der Waals surface area contributed by atoms with Gasteiger partial charge in [0.05, 0.1) is 6.61 Å².